The van der Waals surface area contributed by atoms with Crippen molar-refractivity contribution in [2.45, 2.75) is 25.7 Å². The van der Waals surface area contributed by atoms with Gasteiger partial charge in [-0.1, -0.05) is 0 Å². The molecule has 1 saturated carbocycles. The normalized spacial score (nSPS) is 26.8. The van der Waals surface area contributed by atoms with Crippen molar-refractivity contribution in [1.29, 1.82) is 0 Å². The number of nitrogens with one attached hydrogen (secondary N) is 1. The fourth-order valence-corrected chi connectivity index (χ4v) is 3.11. The molecule has 1 N–H and O–H groups in total. The van der Waals surface area contributed by atoms with Crippen LogP contribution in [-0.4, -0.2) is 61.5 Å². The summed E-state index contributed by atoms with van der Waals surface area (Å²) in [6, 6.07) is 0. The van der Waals surface area contributed by atoms with Gasteiger partial charge in [-0.25, -0.2) is 0 Å². The number of carbonyl (C=O) groups excluding carboxylic acids is 1. The second kappa shape index (κ2) is 8.42. The minimum Gasteiger partial charge on any atom is -0.340 e. The van der Waals surface area contributed by atoms with Gasteiger partial charge in [-0.05, 0) is 44.2 Å². The molecule has 3 fully saturated rings. The number of amides is 1. The maximum Gasteiger partial charge on any atom is 0.222 e. The van der Waals surface area contributed by atoms with Crippen LogP contribution < -0.4 is 5.32 Å². The largest absolute Gasteiger partial charge is 0.340 e. The van der Waals surface area contributed by atoms with Crippen molar-refractivity contribution in [2.24, 2.45) is 11.8 Å². The summed E-state index contributed by atoms with van der Waals surface area (Å²) in [7, 11) is 0. The SMILES string of the molecule is Cl.Cl.O=C(CC1CCNC1)N1CCN(CC2CC2)CC1. The van der Waals surface area contributed by atoms with Crippen LogP contribution in [0.5, 0.6) is 0 Å². The van der Waals surface area contributed by atoms with Gasteiger partial charge in [0.1, 0.15) is 0 Å². The molecule has 0 aromatic heterocycles. The minimum absolute atomic E-state index is 0. The van der Waals surface area contributed by atoms with E-state index in [4.69, 9.17) is 0 Å². The van der Waals surface area contributed by atoms with Crippen molar-refractivity contribution >= 4 is 30.7 Å². The Morgan fingerprint density at radius 2 is 1.70 bits per heavy atom. The molecule has 118 valence electrons. The molecule has 2 aliphatic heterocycles. The molecule has 2 heterocycles. The first-order valence-electron chi connectivity index (χ1n) is 7.52. The second-order valence-electron chi connectivity index (χ2n) is 6.19. The third-order valence-electron chi connectivity index (χ3n) is 4.56. The smallest absolute Gasteiger partial charge is 0.222 e. The molecule has 2 saturated heterocycles. The molecule has 4 nitrogen and oxygen atoms in total. The average Bonchev–Trinajstić information content (AvgIpc) is 3.04. The first kappa shape index (κ1) is 18.0. The van der Waals surface area contributed by atoms with E-state index < -0.39 is 0 Å². The minimum atomic E-state index is 0. The van der Waals surface area contributed by atoms with Crippen LogP contribution in [-0.2, 0) is 4.79 Å². The van der Waals surface area contributed by atoms with Crippen molar-refractivity contribution in [2.75, 3.05) is 45.8 Å². The number of halogens is 2. The zero-order chi connectivity index (χ0) is 12.4. The molecule has 1 aliphatic carbocycles. The summed E-state index contributed by atoms with van der Waals surface area (Å²) in [5.74, 6) is 1.94. The van der Waals surface area contributed by atoms with E-state index >= 15 is 0 Å². The maximum atomic E-state index is 12.2. The number of rotatable bonds is 4. The van der Waals surface area contributed by atoms with E-state index in [-0.39, 0.29) is 24.8 Å². The van der Waals surface area contributed by atoms with Crippen LogP contribution in [0.15, 0.2) is 0 Å². The average molecular weight is 324 g/mol. The monoisotopic (exact) mass is 323 g/mol. The fourth-order valence-electron chi connectivity index (χ4n) is 3.11. The van der Waals surface area contributed by atoms with Gasteiger partial charge < -0.3 is 10.2 Å². The van der Waals surface area contributed by atoms with Crippen molar-refractivity contribution < 1.29 is 4.79 Å². The van der Waals surface area contributed by atoms with Crippen molar-refractivity contribution in [1.82, 2.24) is 15.1 Å². The number of nitrogens with zero attached hydrogens (tertiary/aromatic N) is 2. The van der Waals surface area contributed by atoms with Gasteiger partial charge >= 0.3 is 0 Å². The van der Waals surface area contributed by atoms with E-state index in [2.05, 4.69) is 15.1 Å². The highest BCUT2D eigenvalue weighted by atomic mass is 35.5. The lowest BCUT2D eigenvalue weighted by Gasteiger charge is -2.35. The van der Waals surface area contributed by atoms with Crippen LogP contribution in [0.4, 0.5) is 0 Å². The van der Waals surface area contributed by atoms with Gasteiger partial charge in [-0.15, -0.1) is 24.8 Å². The Labute approximate surface area is 134 Å². The van der Waals surface area contributed by atoms with Crippen molar-refractivity contribution in [3.05, 3.63) is 0 Å². The van der Waals surface area contributed by atoms with Crippen LogP contribution in [0.2, 0.25) is 0 Å². The van der Waals surface area contributed by atoms with Crippen LogP contribution >= 0.6 is 24.8 Å². The third-order valence-corrected chi connectivity index (χ3v) is 4.56. The fraction of sp³-hybridized carbons (Fsp3) is 0.929. The lowest BCUT2D eigenvalue weighted by Crippen LogP contribution is -2.49. The molecular formula is C14H27Cl2N3O. The van der Waals surface area contributed by atoms with Gasteiger partial charge in [0.25, 0.3) is 0 Å². The number of piperazine rings is 1. The quantitative estimate of drug-likeness (QED) is 0.849. The van der Waals surface area contributed by atoms with E-state index in [1.807, 2.05) is 0 Å². The molecule has 20 heavy (non-hydrogen) atoms. The molecule has 0 bridgehead atoms. The summed E-state index contributed by atoms with van der Waals surface area (Å²) in [6.07, 6.45) is 4.78. The zero-order valence-corrected chi connectivity index (χ0v) is 13.7. The molecule has 0 spiro atoms. The van der Waals surface area contributed by atoms with E-state index in [9.17, 15) is 4.79 Å². The Balaban J connectivity index is 0.000001000. The zero-order valence-electron chi connectivity index (χ0n) is 12.1. The molecule has 3 rings (SSSR count). The standard InChI is InChI=1S/C14H25N3O.2ClH/c18-14(9-13-3-4-15-10-13)17-7-5-16(6-8-17)11-12-1-2-12;;/h12-13,15H,1-11H2;2*1H. The predicted octanol–water partition coefficient (Wildman–Crippen LogP) is 1.38. The molecule has 6 heteroatoms. The Morgan fingerprint density at radius 3 is 2.25 bits per heavy atom. The number of carbonyl (C=O) groups is 1. The second-order valence-corrected chi connectivity index (χ2v) is 6.19. The number of hydrogen-bond acceptors (Lipinski definition) is 3. The van der Waals surface area contributed by atoms with E-state index in [0.717, 1.165) is 51.6 Å². The molecular weight excluding hydrogens is 297 g/mol. The first-order chi connectivity index (χ1) is 8.81. The molecule has 1 unspecified atom stereocenters. The van der Waals surface area contributed by atoms with Gasteiger partial charge in [0, 0.05) is 39.1 Å². The van der Waals surface area contributed by atoms with Gasteiger partial charge in [0.05, 0.1) is 0 Å². The Kier molecular flexibility index (Phi) is 7.59. The maximum absolute atomic E-state index is 12.2. The molecule has 1 amide bonds. The highest BCUT2D eigenvalue weighted by Crippen LogP contribution is 2.30. The lowest BCUT2D eigenvalue weighted by atomic mass is 10.0. The van der Waals surface area contributed by atoms with Crippen molar-refractivity contribution in [3.8, 4) is 0 Å². The molecule has 1 atom stereocenters. The van der Waals surface area contributed by atoms with Gasteiger partial charge in [-0.2, -0.15) is 0 Å². The summed E-state index contributed by atoms with van der Waals surface area (Å²) < 4.78 is 0. The molecule has 0 aromatic carbocycles. The van der Waals surface area contributed by atoms with Crippen molar-refractivity contribution in [3.63, 3.8) is 0 Å². The summed E-state index contributed by atoms with van der Waals surface area (Å²) in [4.78, 5) is 16.8. The highest BCUT2D eigenvalue weighted by Gasteiger charge is 2.28. The Morgan fingerprint density at radius 1 is 1.00 bits per heavy atom. The van der Waals surface area contributed by atoms with Gasteiger partial charge in [-0.3, -0.25) is 9.69 Å². The lowest BCUT2D eigenvalue weighted by molar-refractivity contribution is -0.133. The molecule has 0 aromatic rings. The van der Waals surface area contributed by atoms with E-state index in [1.54, 1.807) is 0 Å². The summed E-state index contributed by atoms with van der Waals surface area (Å²) in [6.45, 7) is 7.47. The first-order valence-corrected chi connectivity index (χ1v) is 7.52. The van der Waals surface area contributed by atoms with Crippen LogP contribution in [0.1, 0.15) is 25.7 Å². The molecule has 0 radical (unpaired) electrons. The topological polar surface area (TPSA) is 35.6 Å². The third kappa shape index (κ3) is 5.06. The molecule has 3 aliphatic rings. The summed E-state index contributed by atoms with van der Waals surface area (Å²) in [5.41, 5.74) is 0. The van der Waals surface area contributed by atoms with Crippen LogP contribution in [0, 0.1) is 11.8 Å². The van der Waals surface area contributed by atoms with Crippen LogP contribution in [0.3, 0.4) is 0 Å². The van der Waals surface area contributed by atoms with E-state index in [1.165, 1.54) is 25.8 Å². The summed E-state index contributed by atoms with van der Waals surface area (Å²) >= 11 is 0. The number of hydrogen-bond donors (Lipinski definition) is 1. The van der Waals surface area contributed by atoms with E-state index in [0.29, 0.717) is 11.8 Å². The van der Waals surface area contributed by atoms with Gasteiger partial charge in [0.2, 0.25) is 5.91 Å². The summed E-state index contributed by atoms with van der Waals surface area (Å²) in [5, 5.41) is 3.34. The van der Waals surface area contributed by atoms with Crippen LogP contribution in [0.25, 0.3) is 0 Å². The Hall–Kier alpha value is -0.0300. The van der Waals surface area contributed by atoms with Gasteiger partial charge in [0.15, 0.2) is 0 Å². The highest BCUT2D eigenvalue weighted by molar-refractivity contribution is 5.85. The predicted molar refractivity (Wildman–Crippen MR) is 85.8 cm³/mol. The Bertz CT molecular complexity index is 299.